The third kappa shape index (κ3) is 10.5. The zero-order valence-electron chi connectivity index (χ0n) is 19.5. The van der Waals surface area contributed by atoms with Crippen LogP contribution in [0.25, 0.3) is 0 Å². The van der Waals surface area contributed by atoms with Gasteiger partial charge in [-0.15, -0.1) is 24.0 Å². The number of carbonyl (C=O) groups is 1. The highest BCUT2D eigenvalue weighted by Crippen LogP contribution is 2.23. The normalized spacial score (nSPS) is 12.7. The van der Waals surface area contributed by atoms with Crippen molar-refractivity contribution < 1.29 is 9.53 Å². The Hall–Kier alpha value is -1.55. The predicted molar refractivity (Wildman–Crippen MR) is 136 cm³/mol. The fraction of sp³-hybridized carbons (Fsp3) is 0.636. The monoisotopic (exact) mass is 533 g/mol. The third-order valence-electron chi connectivity index (χ3n) is 4.43. The smallest absolute Gasteiger partial charge is 0.242 e. The maximum absolute atomic E-state index is 12.1. The Morgan fingerprint density at radius 2 is 1.83 bits per heavy atom. The fourth-order valence-corrected chi connectivity index (χ4v) is 3.11. The summed E-state index contributed by atoms with van der Waals surface area (Å²) >= 11 is 0. The summed E-state index contributed by atoms with van der Waals surface area (Å²) < 4.78 is 5.40. The molecule has 0 aliphatic heterocycles. The van der Waals surface area contributed by atoms with Crippen LogP contribution < -0.4 is 20.7 Å². The Morgan fingerprint density at radius 1 is 1.17 bits per heavy atom. The van der Waals surface area contributed by atoms with Crippen LogP contribution in [0.1, 0.15) is 53.1 Å². The van der Waals surface area contributed by atoms with Crippen LogP contribution in [-0.2, 0) is 4.79 Å². The summed E-state index contributed by atoms with van der Waals surface area (Å²) in [5.41, 5.74) is 0.917. The summed E-state index contributed by atoms with van der Waals surface area (Å²) in [6.45, 7) is 15.5. The number of rotatable bonds is 10. The van der Waals surface area contributed by atoms with Crippen molar-refractivity contribution in [3.05, 3.63) is 29.8 Å². The van der Waals surface area contributed by atoms with Crippen LogP contribution >= 0.6 is 24.0 Å². The molecule has 1 rings (SSSR count). The van der Waals surface area contributed by atoms with Gasteiger partial charge in [-0.05, 0) is 58.5 Å². The highest BCUT2D eigenvalue weighted by molar-refractivity contribution is 14.0. The number of halogens is 1. The molecule has 0 aliphatic carbocycles. The van der Waals surface area contributed by atoms with Gasteiger partial charge in [0.05, 0.1) is 13.2 Å². The second-order valence-corrected chi connectivity index (χ2v) is 7.89. The number of methoxy groups -OCH3 is 1. The van der Waals surface area contributed by atoms with Crippen LogP contribution in [0, 0.1) is 0 Å². The molecule has 0 saturated heterocycles. The topological polar surface area (TPSA) is 78.0 Å². The van der Waals surface area contributed by atoms with Crippen LogP contribution in [0.5, 0.6) is 5.75 Å². The molecule has 1 unspecified atom stereocenters. The largest absolute Gasteiger partial charge is 0.497 e. The zero-order chi connectivity index (χ0) is 21.9. The van der Waals surface area contributed by atoms with Crippen LogP contribution in [0.3, 0.4) is 0 Å². The number of hydrogen-bond acceptors (Lipinski definition) is 4. The lowest BCUT2D eigenvalue weighted by Gasteiger charge is -2.31. The molecule has 0 aromatic heterocycles. The van der Waals surface area contributed by atoms with E-state index < -0.39 is 0 Å². The molecule has 1 atom stereocenters. The molecule has 172 valence electrons. The molecule has 8 heteroatoms. The molecule has 0 bridgehead atoms. The first kappa shape index (κ1) is 28.5. The summed E-state index contributed by atoms with van der Waals surface area (Å²) in [5, 5.41) is 9.55. The van der Waals surface area contributed by atoms with E-state index in [9.17, 15) is 4.79 Å². The minimum absolute atomic E-state index is 0. The maximum atomic E-state index is 12.1. The molecule has 7 nitrogen and oxygen atoms in total. The average molecular weight is 533 g/mol. The average Bonchev–Trinajstić information content (AvgIpc) is 2.67. The van der Waals surface area contributed by atoms with E-state index in [1.807, 2.05) is 39.8 Å². The lowest BCUT2D eigenvalue weighted by molar-refractivity contribution is -0.121. The first-order valence-electron chi connectivity index (χ1n) is 10.4. The molecule has 1 aromatic carbocycles. The van der Waals surface area contributed by atoms with Gasteiger partial charge in [-0.3, -0.25) is 9.69 Å². The Bertz CT molecular complexity index is 657. The van der Waals surface area contributed by atoms with Crippen molar-refractivity contribution >= 4 is 35.8 Å². The van der Waals surface area contributed by atoms with Crippen molar-refractivity contribution in [2.75, 3.05) is 39.8 Å². The SMILES string of the molecule is CCNC(=NCC(=O)NC(C)(C)C)NCC(c1cccc(OC)c1)N(CC)CC.I. The number of guanidine groups is 1. The Morgan fingerprint density at radius 3 is 2.37 bits per heavy atom. The number of nitrogens with one attached hydrogen (secondary N) is 3. The van der Waals surface area contributed by atoms with Crippen LogP contribution in [-0.4, -0.2) is 62.1 Å². The molecule has 0 heterocycles. The highest BCUT2D eigenvalue weighted by Gasteiger charge is 2.19. The quantitative estimate of drug-likeness (QED) is 0.245. The van der Waals surface area contributed by atoms with E-state index in [0.29, 0.717) is 12.5 Å². The zero-order valence-corrected chi connectivity index (χ0v) is 21.9. The van der Waals surface area contributed by atoms with Crippen LogP contribution in [0.4, 0.5) is 0 Å². The lowest BCUT2D eigenvalue weighted by atomic mass is 10.0. The van der Waals surface area contributed by atoms with Gasteiger partial charge in [-0.25, -0.2) is 4.99 Å². The summed E-state index contributed by atoms with van der Waals surface area (Å²) in [6, 6.07) is 8.32. The Balaban J connectivity index is 0.00000841. The van der Waals surface area contributed by atoms with E-state index in [1.54, 1.807) is 7.11 Å². The molecule has 0 saturated carbocycles. The van der Waals surface area contributed by atoms with Crippen LogP contribution in [0.15, 0.2) is 29.3 Å². The highest BCUT2D eigenvalue weighted by atomic mass is 127. The molecule has 3 N–H and O–H groups in total. The summed E-state index contributed by atoms with van der Waals surface area (Å²) in [4.78, 5) is 18.9. The molecule has 0 fully saturated rings. The van der Waals surface area contributed by atoms with Gasteiger partial charge in [0.25, 0.3) is 0 Å². The fourth-order valence-electron chi connectivity index (χ4n) is 3.11. The van der Waals surface area contributed by atoms with Gasteiger partial charge in [0, 0.05) is 18.6 Å². The standard InChI is InChI=1S/C22H39N5O2.HI/c1-8-23-21(25-16-20(28)26-22(4,5)6)24-15-19(27(9-2)10-3)17-12-11-13-18(14-17)29-7;/h11-14,19H,8-10,15-16H2,1-7H3,(H,26,28)(H2,23,24,25);1H. The van der Waals surface area contributed by atoms with Crippen molar-refractivity contribution in [2.24, 2.45) is 4.99 Å². The molecule has 0 radical (unpaired) electrons. The first-order chi connectivity index (χ1) is 13.7. The van der Waals surface area contributed by atoms with E-state index in [-0.39, 0.29) is 48.0 Å². The van der Waals surface area contributed by atoms with E-state index in [2.05, 4.69) is 51.8 Å². The molecule has 30 heavy (non-hydrogen) atoms. The summed E-state index contributed by atoms with van der Waals surface area (Å²) in [6.07, 6.45) is 0. The minimum atomic E-state index is -0.265. The van der Waals surface area contributed by atoms with Gasteiger partial charge in [-0.2, -0.15) is 0 Å². The van der Waals surface area contributed by atoms with Crippen molar-refractivity contribution in [3.8, 4) is 5.75 Å². The minimum Gasteiger partial charge on any atom is -0.497 e. The van der Waals surface area contributed by atoms with Gasteiger partial charge < -0.3 is 20.7 Å². The Kier molecular flexibility index (Phi) is 13.7. The number of ether oxygens (including phenoxy) is 1. The van der Waals surface area contributed by atoms with Gasteiger partial charge in [0.15, 0.2) is 5.96 Å². The number of benzene rings is 1. The van der Waals surface area contributed by atoms with Crippen molar-refractivity contribution in [1.29, 1.82) is 0 Å². The number of likely N-dealkylation sites (N-methyl/N-ethyl adjacent to an activating group) is 1. The number of carbonyl (C=O) groups excluding carboxylic acids is 1. The van der Waals surface area contributed by atoms with Gasteiger partial charge in [-0.1, -0.05) is 26.0 Å². The number of nitrogens with zero attached hydrogens (tertiary/aromatic N) is 2. The van der Waals surface area contributed by atoms with Gasteiger partial charge in [0.2, 0.25) is 5.91 Å². The molecule has 0 aliphatic rings. The molecular formula is C22H40IN5O2. The van der Waals surface area contributed by atoms with Gasteiger partial charge >= 0.3 is 0 Å². The maximum Gasteiger partial charge on any atom is 0.242 e. The number of aliphatic imine (C=N–C) groups is 1. The first-order valence-corrected chi connectivity index (χ1v) is 10.4. The lowest BCUT2D eigenvalue weighted by Crippen LogP contribution is -2.45. The summed E-state index contributed by atoms with van der Waals surface area (Å²) in [7, 11) is 1.68. The number of hydrogen-bond donors (Lipinski definition) is 3. The molecule has 0 spiro atoms. The third-order valence-corrected chi connectivity index (χ3v) is 4.43. The predicted octanol–water partition coefficient (Wildman–Crippen LogP) is 3.17. The molecular weight excluding hydrogens is 493 g/mol. The van der Waals surface area contributed by atoms with E-state index in [0.717, 1.165) is 25.4 Å². The Labute approximate surface area is 199 Å². The second kappa shape index (κ2) is 14.5. The van der Waals surface area contributed by atoms with Crippen molar-refractivity contribution in [3.63, 3.8) is 0 Å². The van der Waals surface area contributed by atoms with Crippen molar-refractivity contribution in [1.82, 2.24) is 20.9 Å². The molecule has 1 amide bonds. The van der Waals surface area contributed by atoms with E-state index >= 15 is 0 Å². The molecule has 1 aromatic rings. The summed E-state index contributed by atoms with van der Waals surface area (Å²) in [5.74, 6) is 1.39. The van der Waals surface area contributed by atoms with Crippen LogP contribution in [0.2, 0.25) is 0 Å². The van der Waals surface area contributed by atoms with Gasteiger partial charge in [0.1, 0.15) is 12.3 Å². The van der Waals surface area contributed by atoms with E-state index in [4.69, 9.17) is 4.74 Å². The van der Waals surface area contributed by atoms with Crippen molar-refractivity contribution in [2.45, 2.75) is 53.1 Å². The second-order valence-electron chi connectivity index (χ2n) is 7.89. The van der Waals surface area contributed by atoms with E-state index in [1.165, 1.54) is 5.56 Å². The number of amides is 1.